The molecule has 0 atom stereocenters. The lowest BCUT2D eigenvalue weighted by molar-refractivity contribution is -0.121. The van der Waals surface area contributed by atoms with Gasteiger partial charge in [0.1, 0.15) is 6.42 Å². The molecule has 112 valence electrons. The van der Waals surface area contributed by atoms with Crippen molar-refractivity contribution in [3.8, 4) is 6.07 Å². The Hall–Kier alpha value is -2.35. The summed E-state index contributed by atoms with van der Waals surface area (Å²) < 4.78 is 0. The molecule has 0 saturated heterocycles. The third-order valence-electron chi connectivity index (χ3n) is 2.96. The fraction of sp³-hybridized carbons (Fsp3) is 0.438. The average molecular weight is 287 g/mol. The van der Waals surface area contributed by atoms with Crippen molar-refractivity contribution in [2.45, 2.75) is 32.6 Å². The van der Waals surface area contributed by atoms with Crippen molar-refractivity contribution in [2.24, 2.45) is 0 Å². The fourth-order valence-electron chi connectivity index (χ4n) is 1.89. The van der Waals surface area contributed by atoms with Gasteiger partial charge in [0.25, 0.3) is 0 Å². The summed E-state index contributed by atoms with van der Waals surface area (Å²) in [7, 11) is 0. The number of benzene rings is 1. The molecule has 0 aliphatic carbocycles. The first-order valence-corrected chi connectivity index (χ1v) is 7.07. The van der Waals surface area contributed by atoms with Crippen LogP contribution >= 0.6 is 0 Å². The maximum atomic E-state index is 11.7. The Morgan fingerprint density at radius 2 is 1.90 bits per heavy atom. The van der Waals surface area contributed by atoms with E-state index in [-0.39, 0.29) is 18.2 Å². The number of aryl methyl sites for hydroxylation is 2. The van der Waals surface area contributed by atoms with Crippen LogP contribution < -0.4 is 10.6 Å². The molecule has 0 heterocycles. The van der Waals surface area contributed by atoms with Crippen molar-refractivity contribution >= 4 is 11.8 Å². The summed E-state index contributed by atoms with van der Waals surface area (Å²) in [6, 6.07) is 9.91. The molecule has 21 heavy (non-hydrogen) atoms. The Labute approximate surface area is 125 Å². The molecule has 1 rings (SSSR count). The summed E-state index contributed by atoms with van der Waals surface area (Å²) in [4.78, 5) is 22.7. The topological polar surface area (TPSA) is 82.0 Å². The lowest BCUT2D eigenvalue weighted by atomic mass is 10.1. The highest BCUT2D eigenvalue weighted by molar-refractivity contribution is 5.78. The van der Waals surface area contributed by atoms with Gasteiger partial charge in [0, 0.05) is 19.5 Å². The Bertz CT molecular complexity index is 520. The third kappa shape index (κ3) is 7.73. The smallest absolute Gasteiger partial charge is 0.234 e. The highest BCUT2D eigenvalue weighted by atomic mass is 16.2. The molecule has 2 N–H and O–H groups in total. The molecule has 0 aromatic heterocycles. The fourth-order valence-corrected chi connectivity index (χ4v) is 1.89. The monoisotopic (exact) mass is 287 g/mol. The molecule has 0 unspecified atom stereocenters. The Morgan fingerprint density at radius 3 is 2.57 bits per heavy atom. The molecule has 0 aliphatic heterocycles. The minimum atomic E-state index is -0.275. The largest absolute Gasteiger partial charge is 0.356 e. The Morgan fingerprint density at radius 1 is 1.19 bits per heavy atom. The summed E-state index contributed by atoms with van der Waals surface area (Å²) >= 11 is 0. The SMILES string of the molecule is Cc1cccc(CCC(=O)NCCCNC(=O)CC#N)c1. The van der Waals surface area contributed by atoms with E-state index in [1.54, 1.807) is 6.07 Å². The van der Waals surface area contributed by atoms with Crippen LogP contribution in [0.25, 0.3) is 0 Å². The lowest BCUT2D eigenvalue weighted by Crippen LogP contribution is -2.29. The van der Waals surface area contributed by atoms with Gasteiger partial charge < -0.3 is 10.6 Å². The second-order valence-electron chi connectivity index (χ2n) is 4.88. The van der Waals surface area contributed by atoms with Crippen LogP contribution in [0.5, 0.6) is 0 Å². The molecular weight excluding hydrogens is 266 g/mol. The molecule has 1 aromatic carbocycles. The van der Waals surface area contributed by atoms with Crippen LogP contribution in [0, 0.1) is 18.3 Å². The number of nitrogens with zero attached hydrogens (tertiary/aromatic N) is 1. The van der Waals surface area contributed by atoms with E-state index in [1.165, 1.54) is 5.56 Å². The number of amides is 2. The van der Waals surface area contributed by atoms with Gasteiger partial charge in [-0.1, -0.05) is 29.8 Å². The molecule has 0 aliphatic rings. The quantitative estimate of drug-likeness (QED) is 0.710. The predicted octanol–water partition coefficient (Wildman–Crippen LogP) is 1.46. The summed E-state index contributed by atoms with van der Waals surface area (Å²) in [5.41, 5.74) is 2.36. The summed E-state index contributed by atoms with van der Waals surface area (Å²) in [6.07, 6.45) is 1.73. The van der Waals surface area contributed by atoms with Crippen LogP contribution in [0.3, 0.4) is 0 Å². The van der Waals surface area contributed by atoms with Crippen molar-refractivity contribution in [1.29, 1.82) is 5.26 Å². The van der Waals surface area contributed by atoms with Gasteiger partial charge in [0.2, 0.25) is 11.8 Å². The minimum absolute atomic E-state index is 0.0138. The van der Waals surface area contributed by atoms with Gasteiger partial charge in [-0.15, -0.1) is 0 Å². The van der Waals surface area contributed by atoms with E-state index in [4.69, 9.17) is 5.26 Å². The molecule has 5 heteroatoms. The van der Waals surface area contributed by atoms with Gasteiger partial charge in [-0.3, -0.25) is 9.59 Å². The van der Waals surface area contributed by atoms with Gasteiger partial charge in [0.05, 0.1) is 6.07 Å². The zero-order chi connectivity index (χ0) is 15.5. The first-order valence-electron chi connectivity index (χ1n) is 7.07. The normalized spacial score (nSPS) is 9.71. The van der Waals surface area contributed by atoms with Crippen molar-refractivity contribution < 1.29 is 9.59 Å². The van der Waals surface area contributed by atoms with Crippen molar-refractivity contribution in [3.05, 3.63) is 35.4 Å². The van der Waals surface area contributed by atoms with E-state index in [0.717, 1.165) is 12.0 Å². The van der Waals surface area contributed by atoms with Crippen LogP contribution in [0.1, 0.15) is 30.4 Å². The molecule has 0 radical (unpaired) electrons. The van der Waals surface area contributed by atoms with Crippen molar-refractivity contribution in [3.63, 3.8) is 0 Å². The van der Waals surface area contributed by atoms with Gasteiger partial charge in [-0.05, 0) is 25.3 Å². The van der Waals surface area contributed by atoms with Crippen LogP contribution in [0.4, 0.5) is 0 Å². The maximum Gasteiger partial charge on any atom is 0.234 e. The first kappa shape index (κ1) is 16.7. The van der Waals surface area contributed by atoms with E-state index < -0.39 is 0 Å². The molecular formula is C16H21N3O2. The number of nitrogens with one attached hydrogen (secondary N) is 2. The zero-order valence-corrected chi connectivity index (χ0v) is 12.3. The van der Waals surface area contributed by atoms with Gasteiger partial charge in [-0.25, -0.2) is 0 Å². The number of hydrogen-bond acceptors (Lipinski definition) is 3. The Balaban J connectivity index is 2.09. The first-order chi connectivity index (χ1) is 10.1. The standard InChI is InChI=1S/C16H21N3O2/c1-13-4-2-5-14(12-13)6-7-15(20)18-10-3-11-19-16(21)8-9-17/h2,4-5,12H,3,6-8,10-11H2,1H3,(H,18,20)(H,19,21). The third-order valence-corrected chi connectivity index (χ3v) is 2.96. The molecule has 0 bridgehead atoms. The number of rotatable bonds is 8. The van der Waals surface area contributed by atoms with E-state index in [1.807, 2.05) is 25.1 Å². The lowest BCUT2D eigenvalue weighted by Gasteiger charge is -2.06. The predicted molar refractivity (Wildman–Crippen MR) is 80.4 cm³/mol. The van der Waals surface area contributed by atoms with Crippen molar-refractivity contribution in [2.75, 3.05) is 13.1 Å². The van der Waals surface area contributed by atoms with Gasteiger partial charge in [-0.2, -0.15) is 5.26 Å². The molecule has 5 nitrogen and oxygen atoms in total. The highest BCUT2D eigenvalue weighted by Crippen LogP contribution is 2.06. The van der Waals surface area contributed by atoms with Gasteiger partial charge in [0.15, 0.2) is 0 Å². The Kier molecular flexibility index (Phi) is 7.59. The molecule has 0 saturated carbocycles. The van der Waals surface area contributed by atoms with E-state index in [2.05, 4.69) is 16.7 Å². The van der Waals surface area contributed by atoms with E-state index >= 15 is 0 Å². The summed E-state index contributed by atoms with van der Waals surface area (Å²) in [5, 5.41) is 13.7. The van der Waals surface area contributed by atoms with Gasteiger partial charge >= 0.3 is 0 Å². The maximum absolute atomic E-state index is 11.7. The van der Waals surface area contributed by atoms with E-state index in [9.17, 15) is 9.59 Å². The molecule has 0 spiro atoms. The van der Waals surface area contributed by atoms with Crippen LogP contribution in [-0.4, -0.2) is 24.9 Å². The molecule has 1 aromatic rings. The van der Waals surface area contributed by atoms with Crippen LogP contribution in [-0.2, 0) is 16.0 Å². The zero-order valence-electron chi connectivity index (χ0n) is 12.3. The molecule has 0 fully saturated rings. The summed E-state index contributed by atoms with van der Waals surface area (Å²) in [5.74, 6) is -0.261. The minimum Gasteiger partial charge on any atom is -0.356 e. The number of nitriles is 1. The number of hydrogen-bond donors (Lipinski definition) is 2. The average Bonchev–Trinajstić information content (AvgIpc) is 2.45. The van der Waals surface area contributed by atoms with Crippen molar-refractivity contribution in [1.82, 2.24) is 10.6 Å². The second-order valence-corrected chi connectivity index (χ2v) is 4.88. The second kappa shape index (κ2) is 9.54. The number of carbonyl (C=O) groups excluding carboxylic acids is 2. The highest BCUT2D eigenvalue weighted by Gasteiger charge is 2.02. The van der Waals surface area contributed by atoms with Crippen LogP contribution in [0.15, 0.2) is 24.3 Å². The summed E-state index contributed by atoms with van der Waals surface area (Å²) in [6.45, 7) is 3.03. The number of carbonyl (C=O) groups is 2. The van der Waals surface area contributed by atoms with E-state index in [0.29, 0.717) is 25.9 Å². The van der Waals surface area contributed by atoms with Crippen LogP contribution in [0.2, 0.25) is 0 Å². The molecule has 2 amide bonds.